The Hall–Kier alpha value is -1.96. The predicted molar refractivity (Wildman–Crippen MR) is 139 cm³/mol. The molecule has 1 saturated carbocycles. The van der Waals surface area contributed by atoms with Crippen LogP contribution in [-0.2, 0) is 4.74 Å². The molecule has 1 aromatic rings. The Morgan fingerprint density at radius 1 is 1.33 bits per heavy atom. The van der Waals surface area contributed by atoms with Crippen LogP contribution in [0.5, 0.6) is 0 Å². The highest BCUT2D eigenvalue weighted by atomic mass is 35.5. The number of allylic oxidation sites excluding steroid dienone is 1. The standard InChI is InChI=1S/C23H28ClN5O2S2/c1-31-19-13-26-20(24)12-18(19)17-11-15(25-9-2-10-32)6-7-16(17)22(30)27-23-29-28-21(33-23)8-5-14-3-4-14/h6-7,11-14,20-21,23,25-26,28-29,32H,2-4,9-10H2,1H3,(H,27,30). The number of thiol groups is 1. The van der Waals surface area contributed by atoms with E-state index in [1.807, 2.05) is 24.3 Å². The Bertz CT molecular complexity index is 1000. The summed E-state index contributed by atoms with van der Waals surface area (Å²) >= 11 is 12.1. The van der Waals surface area contributed by atoms with E-state index in [9.17, 15) is 4.79 Å². The summed E-state index contributed by atoms with van der Waals surface area (Å²) < 4.78 is 5.55. The van der Waals surface area contributed by atoms with Gasteiger partial charge in [0, 0.05) is 41.1 Å². The first kappa shape index (κ1) is 24.2. The van der Waals surface area contributed by atoms with E-state index < -0.39 is 5.50 Å². The summed E-state index contributed by atoms with van der Waals surface area (Å²) in [5.41, 5.74) is 8.47. The molecule has 1 aliphatic carbocycles. The summed E-state index contributed by atoms with van der Waals surface area (Å²) in [6.07, 6.45) is 6.87. The maximum Gasteiger partial charge on any atom is 0.253 e. The fourth-order valence-electron chi connectivity index (χ4n) is 3.40. The third kappa shape index (κ3) is 6.55. The van der Waals surface area contributed by atoms with E-state index in [4.69, 9.17) is 16.3 Å². The van der Waals surface area contributed by atoms with Crippen molar-refractivity contribution in [3.05, 3.63) is 47.4 Å². The van der Waals surface area contributed by atoms with Crippen LogP contribution in [0.25, 0.3) is 5.57 Å². The van der Waals surface area contributed by atoms with Gasteiger partial charge >= 0.3 is 0 Å². The van der Waals surface area contributed by atoms with Crippen LogP contribution in [0.4, 0.5) is 5.69 Å². The highest BCUT2D eigenvalue weighted by molar-refractivity contribution is 8.00. The van der Waals surface area contributed by atoms with Crippen molar-refractivity contribution in [2.75, 3.05) is 24.7 Å². The molecule has 7 nitrogen and oxygen atoms in total. The van der Waals surface area contributed by atoms with Gasteiger partial charge in [0.15, 0.2) is 0 Å². The number of benzene rings is 1. The third-order valence-electron chi connectivity index (χ3n) is 5.27. The van der Waals surface area contributed by atoms with Crippen LogP contribution in [0, 0.1) is 17.8 Å². The minimum absolute atomic E-state index is 0.0547. The van der Waals surface area contributed by atoms with E-state index >= 15 is 0 Å². The molecule has 3 aliphatic rings. The monoisotopic (exact) mass is 505 g/mol. The second-order valence-electron chi connectivity index (χ2n) is 7.85. The minimum Gasteiger partial charge on any atom is -0.495 e. The Labute approximate surface area is 209 Å². The van der Waals surface area contributed by atoms with Crippen molar-refractivity contribution < 1.29 is 9.53 Å². The van der Waals surface area contributed by atoms with Gasteiger partial charge in [-0.05, 0) is 49.3 Å². The Morgan fingerprint density at radius 3 is 2.94 bits per heavy atom. The predicted octanol–water partition coefficient (Wildman–Crippen LogP) is 3.05. The molecule has 1 amide bonds. The summed E-state index contributed by atoms with van der Waals surface area (Å²) in [5, 5.41) is 9.39. The largest absolute Gasteiger partial charge is 0.495 e. The number of anilines is 1. The van der Waals surface area contributed by atoms with Crippen molar-refractivity contribution in [3.8, 4) is 11.8 Å². The lowest BCUT2D eigenvalue weighted by Gasteiger charge is -2.22. The number of hydrazine groups is 1. The van der Waals surface area contributed by atoms with Crippen LogP contribution in [0.15, 0.2) is 36.2 Å². The van der Waals surface area contributed by atoms with Crippen LogP contribution in [-0.4, -0.2) is 41.7 Å². The van der Waals surface area contributed by atoms with E-state index in [0.717, 1.165) is 35.5 Å². The average Bonchev–Trinajstić information content (AvgIpc) is 3.55. The molecule has 2 heterocycles. The lowest BCUT2D eigenvalue weighted by molar-refractivity contribution is 0.0944. The molecule has 0 spiro atoms. The van der Waals surface area contributed by atoms with Crippen LogP contribution in [0.1, 0.15) is 35.2 Å². The zero-order valence-corrected chi connectivity index (χ0v) is 20.7. The number of ether oxygens (including phenoxy) is 1. The van der Waals surface area contributed by atoms with Crippen LogP contribution in [0.2, 0.25) is 0 Å². The number of alkyl halides is 1. The van der Waals surface area contributed by atoms with Gasteiger partial charge in [-0.2, -0.15) is 12.6 Å². The Balaban J connectivity index is 1.54. The lowest BCUT2D eigenvalue weighted by Crippen LogP contribution is -2.43. The zero-order valence-electron chi connectivity index (χ0n) is 18.3. The molecule has 1 aromatic carbocycles. The normalized spacial score (nSPS) is 24.0. The fraction of sp³-hybridized carbons (Fsp3) is 0.435. The van der Waals surface area contributed by atoms with E-state index in [0.29, 0.717) is 17.2 Å². The molecule has 4 rings (SSSR count). The zero-order chi connectivity index (χ0) is 23.2. The molecule has 0 radical (unpaired) electrons. The third-order valence-corrected chi connectivity index (χ3v) is 6.85. The van der Waals surface area contributed by atoms with Gasteiger partial charge in [-0.1, -0.05) is 35.2 Å². The van der Waals surface area contributed by atoms with Crippen molar-refractivity contribution in [1.29, 1.82) is 0 Å². The first-order chi connectivity index (χ1) is 16.1. The number of carbonyl (C=O) groups excluding carboxylic acids is 1. The Kier molecular flexibility index (Phi) is 8.39. The van der Waals surface area contributed by atoms with Gasteiger partial charge in [0.2, 0.25) is 0 Å². The number of methoxy groups -OCH3 is 1. The molecule has 0 bridgehead atoms. The number of nitrogens with one attached hydrogen (secondary N) is 5. The smallest absolute Gasteiger partial charge is 0.253 e. The number of thioether (sulfide) groups is 1. The van der Waals surface area contributed by atoms with Crippen molar-refractivity contribution in [1.82, 2.24) is 21.5 Å². The Morgan fingerprint density at radius 2 is 2.18 bits per heavy atom. The van der Waals surface area contributed by atoms with Crippen molar-refractivity contribution in [2.45, 2.75) is 35.6 Å². The van der Waals surface area contributed by atoms with Gasteiger partial charge < -0.3 is 20.7 Å². The summed E-state index contributed by atoms with van der Waals surface area (Å²) in [5.74, 6) is 8.22. The molecule has 0 aromatic heterocycles. The molecule has 2 aliphatic heterocycles. The second kappa shape index (κ2) is 11.4. The van der Waals surface area contributed by atoms with Gasteiger partial charge in [0.05, 0.1) is 7.11 Å². The number of amides is 1. The number of dihydropyridines is 1. The number of hydrogen-bond acceptors (Lipinski definition) is 8. The molecule has 3 atom stereocenters. The van der Waals surface area contributed by atoms with E-state index in [2.05, 4.69) is 51.3 Å². The van der Waals surface area contributed by atoms with Gasteiger partial charge in [0.1, 0.15) is 22.1 Å². The highest BCUT2D eigenvalue weighted by Gasteiger charge is 2.28. The van der Waals surface area contributed by atoms with Gasteiger partial charge in [-0.25, -0.2) is 10.9 Å². The maximum atomic E-state index is 13.3. The number of rotatable bonds is 8. The van der Waals surface area contributed by atoms with Crippen LogP contribution < -0.4 is 26.8 Å². The number of hydrogen-bond donors (Lipinski definition) is 6. The molecule has 10 heteroatoms. The van der Waals surface area contributed by atoms with Crippen molar-refractivity contribution >= 4 is 53.2 Å². The number of halogens is 1. The van der Waals surface area contributed by atoms with Crippen LogP contribution >= 0.6 is 36.0 Å². The molecule has 33 heavy (non-hydrogen) atoms. The maximum absolute atomic E-state index is 13.3. The second-order valence-corrected chi connectivity index (χ2v) is 9.98. The summed E-state index contributed by atoms with van der Waals surface area (Å²) in [6, 6.07) is 5.69. The molecular weight excluding hydrogens is 478 g/mol. The first-order valence-corrected chi connectivity index (χ1v) is 12.9. The van der Waals surface area contributed by atoms with Gasteiger partial charge in [0.25, 0.3) is 5.91 Å². The van der Waals surface area contributed by atoms with Gasteiger partial charge in [-0.3, -0.25) is 4.79 Å². The molecule has 5 N–H and O–H groups in total. The quantitative estimate of drug-likeness (QED) is 0.106. The van der Waals surface area contributed by atoms with Crippen LogP contribution in [0.3, 0.4) is 0 Å². The minimum atomic E-state index is -0.405. The molecule has 1 saturated heterocycles. The molecule has 2 fully saturated rings. The van der Waals surface area contributed by atoms with Crippen molar-refractivity contribution in [2.24, 2.45) is 5.92 Å². The lowest BCUT2D eigenvalue weighted by atomic mass is 9.95. The fourth-order valence-corrected chi connectivity index (χ4v) is 4.60. The van der Waals surface area contributed by atoms with E-state index in [1.54, 1.807) is 13.3 Å². The van der Waals surface area contributed by atoms with Crippen molar-refractivity contribution in [3.63, 3.8) is 0 Å². The van der Waals surface area contributed by atoms with Gasteiger partial charge in [-0.15, -0.1) is 0 Å². The van der Waals surface area contributed by atoms with E-state index in [1.165, 1.54) is 24.6 Å². The summed E-state index contributed by atoms with van der Waals surface area (Å²) in [6.45, 7) is 0.789. The first-order valence-electron chi connectivity index (χ1n) is 10.9. The topological polar surface area (TPSA) is 86.5 Å². The molecule has 3 unspecified atom stereocenters. The van der Waals surface area contributed by atoms with E-state index in [-0.39, 0.29) is 16.8 Å². The average molecular weight is 506 g/mol. The summed E-state index contributed by atoms with van der Waals surface area (Å²) in [7, 11) is 1.60. The highest BCUT2D eigenvalue weighted by Crippen LogP contribution is 2.32. The number of carbonyl (C=O) groups is 1. The SMILES string of the molecule is COC1=CNC(Cl)C=C1c1cc(NCCCS)ccc1C(=O)NC1NNC(C#CC2CC2)S1. The molecular formula is C23H28ClN5O2S2. The molecule has 176 valence electrons. The summed E-state index contributed by atoms with van der Waals surface area (Å²) in [4.78, 5) is 13.3.